The van der Waals surface area contributed by atoms with Crippen molar-refractivity contribution in [3.8, 4) is 0 Å². The van der Waals surface area contributed by atoms with Gasteiger partial charge < -0.3 is 5.32 Å². The lowest BCUT2D eigenvalue weighted by Crippen LogP contribution is -2.33. The van der Waals surface area contributed by atoms with Crippen LogP contribution in [0.3, 0.4) is 0 Å². The van der Waals surface area contributed by atoms with E-state index < -0.39 is 11.5 Å². The molecule has 58 valence electrons. The highest BCUT2D eigenvalue weighted by atomic mass is 35.5. The first-order valence-electron chi connectivity index (χ1n) is 3.22. The quantitative estimate of drug-likeness (QED) is 0.617. The van der Waals surface area contributed by atoms with Crippen molar-refractivity contribution in [2.45, 2.75) is 17.7 Å². The van der Waals surface area contributed by atoms with E-state index in [1.54, 1.807) is 0 Å². The molecule has 1 aliphatic rings. The van der Waals surface area contributed by atoms with Crippen molar-refractivity contribution >= 4 is 17.5 Å². The summed E-state index contributed by atoms with van der Waals surface area (Å²) in [5.74, 6) is -0.230. The first kappa shape index (κ1) is 7.79. The normalized spacial score (nSPS) is 20.2. The van der Waals surface area contributed by atoms with Gasteiger partial charge in [-0.15, -0.1) is 11.6 Å². The van der Waals surface area contributed by atoms with Crippen LogP contribution < -0.4 is 5.32 Å². The standard InChI is InChI=1S/C6H9ClFNO/c7-6(1-2-6)5(10)9-4-3-8/h1-4H2,(H,9,10). The van der Waals surface area contributed by atoms with E-state index in [0.717, 1.165) is 0 Å². The number of carbonyl (C=O) groups excluding carboxylic acids is 1. The Morgan fingerprint density at radius 2 is 2.30 bits per heavy atom. The maximum atomic E-state index is 11.5. The van der Waals surface area contributed by atoms with Crippen LogP contribution >= 0.6 is 11.6 Å². The summed E-state index contributed by atoms with van der Waals surface area (Å²) in [4.78, 5) is 10.2. The first-order chi connectivity index (χ1) is 4.69. The molecule has 2 nitrogen and oxygen atoms in total. The van der Waals surface area contributed by atoms with Crippen LogP contribution in [0.4, 0.5) is 4.39 Å². The summed E-state index contributed by atoms with van der Waals surface area (Å²) < 4.78 is 11.5. The van der Waals surface area contributed by atoms with Crippen LogP contribution in [0.2, 0.25) is 0 Å². The Hall–Kier alpha value is -0.310. The lowest BCUT2D eigenvalue weighted by atomic mass is 10.4. The van der Waals surface area contributed by atoms with Crippen LogP contribution in [0.1, 0.15) is 12.8 Å². The lowest BCUT2D eigenvalue weighted by molar-refractivity contribution is -0.121. The third kappa shape index (κ3) is 1.59. The maximum absolute atomic E-state index is 11.5. The summed E-state index contributed by atoms with van der Waals surface area (Å²) in [6.07, 6.45) is 1.43. The highest BCUT2D eigenvalue weighted by molar-refractivity contribution is 6.37. The van der Waals surface area contributed by atoms with Crippen molar-refractivity contribution < 1.29 is 9.18 Å². The molecule has 1 N–H and O–H groups in total. The predicted molar refractivity (Wildman–Crippen MR) is 36.8 cm³/mol. The second-order valence-electron chi connectivity index (χ2n) is 2.41. The van der Waals surface area contributed by atoms with Gasteiger partial charge in [0.2, 0.25) is 5.91 Å². The molecular formula is C6H9ClFNO. The monoisotopic (exact) mass is 165 g/mol. The molecule has 0 atom stereocenters. The molecule has 1 amide bonds. The highest BCUT2D eigenvalue weighted by Crippen LogP contribution is 2.42. The molecule has 1 saturated carbocycles. The topological polar surface area (TPSA) is 29.1 Å². The van der Waals surface area contributed by atoms with Crippen LogP contribution in [0.15, 0.2) is 0 Å². The summed E-state index contributed by atoms with van der Waals surface area (Å²) in [5.41, 5.74) is 0. The van der Waals surface area contributed by atoms with Crippen molar-refractivity contribution in [3.05, 3.63) is 0 Å². The zero-order chi connectivity index (χ0) is 7.61. The van der Waals surface area contributed by atoms with Crippen molar-refractivity contribution in [3.63, 3.8) is 0 Å². The zero-order valence-electron chi connectivity index (χ0n) is 5.49. The summed E-state index contributed by atoms with van der Waals surface area (Å²) in [7, 11) is 0. The molecule has 0 spiro atoms. The lowest BCUT2D eigenvalue weighted by Gasteiger charge is -2.04. The van der Waals surface area contributed by atoms with E-state index in [0.29, 0.717) is 12.8 Å². The molecular weight excluding hydrogens is 157 g/mol. The number of alkyl halides is 2. The van der Waals surface area contributed by atoms with E-state index in [2.05, 4.69) is 5.32 Å². The number of halogens is 2. The third-order valence-corrected chi connectivity index (χ3v) is 2.03. The van der Waals surface area contributed by atoms with Crippen LogP contribution in [-0.4, -0.2) is 24.0 Å². The molecule has 0 bridgehead atoms. The number of nitrogens with one attached hydrogen (secondary N) is 1. The van der Waals surface area contributed by atoms with Crippen molar-refractivity contribution in [1.29, 1.82) is 0 Å². The van der Waals surface area contributed by atoms with Gasteiger partial charge in [-0.05, 0) is 12.8 Å². The van der Waals surface area contributed by atoms with Gasteiger partial charge in [0.05, 0.1) is 0 Å². The van der Waals surface area contributed by atoms with Gasteiger partial charge in [-0.1, -0.05) is 0 Å². The van der Waals surface area contributed by atoms with E-state index in [1.807, 2.05) is 0 Å². The summed E-state index contributed by atoms with van der Waals surface area (Å²) in [6.45, 7) is -0.452. The fourth-order valence-corrected chi connectivity index (χ4v) is 0.817. The molecule has 0 aliphatic heterocycles. The molecule has 0 aromatic carbocycles. The van der Waals surface area contributed by atoms with Gasteiger partial charge in [0.25, 0.3) is 0 Å². The maximum Gasteiger partial charge on any atom is 0.241 e. The number of hydrogen-bond acceptors (Lipinski definition) is 1. The van der Waals surface area contributed by atoms with E-state index in [9.17, 15) is 9.18 Å². The molecule has 0 aromatic heterocycles. The van der Waals surface area contributed by atoms with E-state index in [-0.39, 0.29) is 12.5 Å². The fourth-order valence-electron chi connectivity index (χ4n) is 0.656. The number of rotatable bonds is 3. The van der Waals surface area contributed by atoms with Gasteiger partial charge in [0.1, 0.15) is 11.5 Å². The SMILES string of the molecule is O=C(NCCF)C1(Cl)CC1. The summed E-state index contributed by atoms with van der Waals surface area (Å²) in [5, 5.41) is 2.39. The molecule has 4 heteroatoms. The molecule has 1 fully saturated rings. The van der Waals surface area contributed by atoms with Crippen LogP contribution in [0, 0.1) is 0 Å². The van der Waals surface area contributed by atoms with Crippen molar-refractivity contribution in [2.75, 3.05) is 13.2 Å². The van der Waals surface area contributed by atoms with Crippen LogP contribution in [-0.2, 0) is 4.79 Å². The molecule has 1 rings (SSSR count). The third-order valence-electron chi connectivity index (χ3n) is 1.48. The Bertz CT molecular complexity index is 147. The summed E-state index contributed by atoms with van der Waals surface area (Å²) >= 11 is 5.70. The van der Waals surface area contributed by atoms with Crippen LogP contribution in [0.25, 0.3) is 0 Å². The predicted octanol–water partition coefficient (Wildman–Crippen LogP) is 0.843. The zero-order valence-corrected chi connectivity index (χ0v) is 6.25. The smallest absolute Gasteiger partial charge is 0.241 e. The molecule has 1 aliphatic carbocycles. The summed E-state index contributed by atoms with van der Waals surface area (Å²) in [6, 6.07) is 0. The minimum absolute atomic E-state index is 0.0767. The van der Waals surface area contributed by atoms with Crippen molar-refractivity contribution in [2.24, 2.45) is 0 Å². The first-order valence-corrected chi connectivity index (χ1v) is 3.60. The minimum atomic E-state index is -0.685. The Labute approximate surface area is 63.7 Å². The molecule has 0 unspecified atom stereocenters. The second kappa shape index (κ2) is 2.74. The minimum Gasteiger partial charge on any atom is -0.352 e. The average Bonchev–Trinajstić information content (AvgIpc) is 2.64. The Morgan fingerprint density at radius 1 is 1.70 bits per heavy atom. The molecule has 0 heterocycles. The average molecular weight is 166 g/mol. The van der Waals surface area contributed by atoms with Gasteiger partial charge >= 0.3 is 0 Å². The Morgan fingerprint density at radius 3 is 2.70 bits per heavy atom. The Kier molecular flexibility index (Phi) is 2.14. The molecule has 10 heavy (non-hydrogen) atoms. The Balaban J connectivity index is 2.22. The van der Waals surface area contributed by atoms with E-state index in [4.69, 9.17) is 11.6 Å². The van der Waals surface area contributed by atoms with E-state index in [1.165, 1.54) is 0 Å². The largest absolute Gasteiger partial charge is 0.352 e. The van der Waals surface area contributed by atoms with E-state index >= 15 is 0 Å². The van der Waals surface area contributed by atoms with Crippen LogP contribution in [0.5, 0.6) is 0 Å². The van der Waals surface area contributed by atoms with Gasteiger partial charge in [-0.25, -0.2) is 4.39 Å². The number of amides is 1. The van der Waals surface area contributed by atoms with Gasteiger partial charge in [0, 0.05) is 6.54 Å². The second-order valence-corrected chi connectivity index (χ2v) is 3.13. The van der Waals surface area contributed by atoms with Crippen molar-refractivity contribution in [1.82, 2.24) is 5.32 Å². The highest BCUT2D eigenvalue weighted by Gasteiger charge is 2.47. The number of carbonyl (C=O) groups is 1. The van der Waals surface area contributed by atoms with Gasteiger partial charge in [-0.3, -0.25) is 4.79 Å². The molecule has 0 aromatic rings. The molecule has 0 saturated heterocycles. The van der Waals surface area contributed by atoms with Gasteiger partial charge in [0.15, 0.2) is 0 Å². The number of hydrogen-bond donors (Lipinski definition) is 1. The van der Waals surface area contributed by atoms with Gasteiger partial charge in [-0.2, -0.15) is 0 Å². The molecule has 0 radical (unpaired) electrons. The fraction of sp³-hybridized carbons (Fsp3) is 0.833.